The summed E-state index contributed by atoms with van der Waals surface area (Å²) in [6, 6.07) is 17.1. The van der Waals surface area contributed by atoms with Crippen LogP contribution in [0.1, 0.15) is 30.9 Å². The Kier molecular flexibility index (Phi) is 5.95. The van der Waals surface area contributed by atoms with Crippen molar-refractivity contribution in [2.24, 2.45) is 5.92 Å². The van der Waals surface area contributed by atoms with E-state index in [1.165, 1.54) is 43.6 Å². The van der Waals surface area contributed by atoms with Gasteiger partial charge in [0.2, 0.25) is 0 Å². The average molecular weight is 367 g/mol. The van der Waals surface area contributed by atoms with Gasteiger partial charge in [-0.1, -0.05) is 42.5 Å². The molecule has 2 bridgehead atoms. The van der Waals surface area contributed by atoms with Gasteiger partial charge in [0.05, 0.1) is 6.61 Å². The van der Waals surface area contributed by atoms with Gasteiger partial charge in [0.1, 0.15) is 6.61 Å². The molecule has 3 saturated heterocycles. The van der Waals surface area contributed by atoms with Crippen molar-refractivity contribution in [1.82, 2.24) is 10.2 Å². The Morgan fingerprint density at radius 2 is 1.81 bits per heavy atom. The Bertz CT molecular complexity index is 726. The molecular formula is C23H30N2O2. The summed E-state index contributed by atoms with van der Waals surface area (Å²) in [4.78, 5) is 2.58. The highest BCUT2D eigenvalue weighted by atomic mass is 16.5. The summed E-state index contributed by atoms with van der Waals surface area (Å²) in [6.45, 7) is 7.74. The molecule has 0 amide bonds. The van der Waals surface area contributed by atoms with E-state index >= 15 is 0 Å². The van der Waals surface area contributed by atoms with Crippen molar-refractivity contribution >= 4 is 0 Å². The second-order valence-electron chi connectivity index (χ2n) is 7.58. The van der Waals surface area contributed by atoms with E-state index in [0.29, 0.717) is 19.3 Å². The highest BCUT2D eigenvalue weighted by Gasteiger charge is 2.33. The van der Waals surface area contributed by atoms with Gasteiger partial charge in [0, 0.05) is 24.7 Å². The molecule has 0 radical (unpaired) electrons. The van der Waals surface area contributed by atoms with E-state index in [1.807, 2.05) is 31.2 Å². The largest absolute Gasteiger partial charge is 0.490 e. The topological polar surface area (TPSA) is 33.7 Å². The second-order valence-corrected chi connectivity index (χ2v) is 7.58. The summed E-state index contributed by atoms with van der Waals surface area (Å²) in [5.74, 6) is 2.53. The van der Waals surface area contributed by atoms with E-state index in [-0.39, 0.29) is 0 Å². The minimum absolute atomic E-state index is 0.553. The number of rotatable bonds is 8. The van der Waals surface area contributed by atoms with Crippen LogP contribution >= 0.6 is 0 Å². The second kappa shape index (κ2) is 8.77. The number of benzene rings is 2. The number of hydrogen-bond donors (Lipinski definition) is 1. The van der Waals surface area contributed by atoms with Crippen LogP contribution < -0.4 is 14.8 Å². The molecule has 27 heavy (non-hydrogen) atoms. The SMILES string of the molecule is CCOc1cccc(CNC2CN3CCC2CC3)c1OCc1ccccc1. The first-order valence-corrected chi connectivity index (χ1v) is 10.2. The van der Waals surface area contributed by atoms with E-state index in [1.54, 1.807) is 0 Å². The molecule has 3 fully saturated rings. The lowest BCUT2D eigenvalue weighted by molar-refractivity contribution is 0.0718. The van der Waals surface area contributed by atoms with Crippen LogP contribution in [0.2, 0.25) is 0 Å². The Balaban J connectivity index is 1.46. The zero-order chi connectivity index (χ0) is 18.5. The van der Waals surface area contributed by atoms with Gasteiger partial charge in [-0.15, -0.1) is 0 Å². The summed E-state index contributed by atoms with van der Waals surface area (Å²) >= 11 is 0. The van der Waals surface area contributed by atoms with Crippen molar-refractivity contribution in [2.75, 3.05) is 26.2 Å². The molecule has 0 saturated carbocycles. The Morgan fingerprint density at radius 3 is 2.52 bits per heavy atom. The molecule has 2 aromatic carbocycles. The monoisotopic (exact) mass is 366 g/mol. The maximum Gasteiger partial charge on any atom is 0.166 e. The fourth-order valence-electron chi connectivity index (χ4n) is 4.30. The van der Waals surface area contributed by atoms with E-state index in [0.717, 1.165) is 24.0 Å². The standard InChI is InChI=1S/C23H30N2O2/c1-2-26-22-10-6-9-20(23(22)27-17-18-7-4-3-5-8-18)15-24-21-16-25-13-11-19(21)12-14-25/h3-10,19,21,24H,2,11-17H2,1H3. The summed E-state index contributed by atoms with van der Waals surface area (Å²) in [5, 5.41) is 3.80. The van der Waals surface area contributed by atoms with Gasteiger partial charge in [-0.2, -0.15) is 0 Å². The smallest absolute Gasteiger partial charge is 0.166 e. The Labute approximate surface area is 162 Å². The zero-order valence-electron chi connectivity index (χ0n) is 16.2. The fraction of sp³-hybridized carbons (Fsp3) is 0.478. The summed E-state index contributed by atoms with van der Waals surface area (Å²) in [7, 11) is 0. The van der Waals surface area contributed by atoms with Crippen molar-refractivity contribution in [1.29, 1.82) is 0 Å². The first-order chi connectivity index (χ1) is 13.3. The molecule has 5 rings (SSSR count). The highest BCUT2D eigenvalue weighted by molar-refractivity contribution is 5.47. The van der Waals surface area contributed by atoms with Crippen LogP contribution in [0.5, 0.6) is 11.5 Å². The summed E-state index contributed by atoms with van der Waals surface area (Å²) in [6.07, 6.45) is 2.65. The van der Waals surface area contributed by atoms with Crippen LogP contribution in [0.25, 0.3) is 0 Å². The lowest BCUT2D eigenvalue weighted by Crippen LogP contribution is -2.55. The summed E-state index contributed by atoms with van der Waals surface area (Å²) < 4.78 is 12.1. The molecule has 1 atom stereocenters. The van der Waals surface area contributed by atoms with Crippen molar-refractivity contribution in [3.63, 3.8) is 0 Å². The molecule has 0 aromatic heterocycles. The number of fused-ring (bicyclic) bond motifs is 3. The summed E-state index contributed by atoms with van der Waals surface area (Å²) in [5.41, 5.74) is 2.34. The first-order valence-electron chi connectivity index (χ1n) is 10.2. The maximum atomic E-state index is 6.23. The molecule has 2 aromatic rings. The third-order valence-corrected chi connectivity index (χ3v) is 5.80. The normalized spacial score (nSPS) is 24.0. The Morgan fingerprint density at radius 1 is 1.00 bits per heavy atom. The predicted octanol–water partition coefficient (Wildman–Crippen LogP) is 3.85. The Hall–Kier alpha value is -2.04. The van der Waals surface area contributed by atoms with Crippen molar-refractivity contribution in [2.45, 2.75) is 39.0 Å². The lowest BCUT2D eigenvalue weighted by Gasteiger charge is -2.45. The van der Waals surface area contributed by atoms with E-state index in [9.17, 15) is 0 Å². The predicted molar refractivity (Wildman–Crippen MR) is 108 cm³/mol. The molecule has 144 valence electrons. The van der Waals surface area contributed by atoms with Crippen molar-refractivity contribution in [3.05, 3.63) is 59.7 Å². The van der Waals surface area contributed by atoms with Crippen molar-refractivity contribution in [3.8, 4) is 11.5 Å². The number of hydrogen-bond acceptors (Lipinski definition) is 4. The molecule has 4 heteroatoms. The van der Waals surface area contributed by atoms with E-state index in [2.05, 4.69) is 34.5 Å². The van der Waals surface area contributed by atoms with Crippen LogP contribution in [0.15, 0.2) is 48.5 Å². The molecule has 1 unspecified atom stereocenters. The quantitative estimate of drug-likeness (QED) is 0.769. The molecule has 4 nitrogen and oxygen atoms in total. The van der Waals surface area contributed by atoms with Gasteiger partial charge in [-0.3, -0.25) is 0 Å². The van der Waals surface area contributed by atoms with Crippen LogP contribution in [-0.2, 0) is 13.2 Å². The lowest BCUT2D eigenvalue weighted by atomic mass is 9.84. The van der Waals surface area contributed by atoms with Gasteiger partial charge < -0.3 is 19.7 Å². The van der Waals surface area contributed by atoms with Gasteiger partial charge in [-0.05, 0) is 50.4 Å². The molecule has 1 N–H and O–H groups in total. The van der Waals surface area contributed by atoms with Gasteiger partial charge in [0.25, 0.3) is 0 Å². The van der Waals surface area contributed by atoms with Gasteiger partial charge >= 0.3 is 0 Å². The molecule has 3 heterocycles. The maximum absolute atomic E-state index is 6.23. The highest BCUT2D eigenvalue weighted by Crippen LogP contribution is 2.33. The third-order valence-electron chi connectivity index (χ3n) is 5.80. The minimum Gasteiger partial charge on any atom is -0.490 e. The molecule has 3 aliphatic heterocycles. The van der Waals surface area contributed by atoms with Gasteiger partial charge in [0.15, 0.2) is 11.5 Å². The van der Waals surface area contributed by atoms with E-state index < -0.39 is 0 Å². The fourth-order valence-corrected chi connectivity index (χ4v) is 4.30. The first kappa shape index (κ1) is 18.3. The molecule has 0 aliphatic carbocycles. The van der Waals surface area contributed by atoms with E-state index in [4.69, 9.17) is 9.47 Å². The van der Waals surface area contributed by atoms with Gasteiger partial charge in [-0.25, -0.2) is 0 Å². The number of nitrogens with one attached hydrogen (secondary N) is 1. The van der Waals surface area contributed by atoms with Crippen molar-refractivity contribution < 1.29 is 9.47 Å². The van der Waals surface area contributed by atoms with Crippen LogP contribution in [-0.4, -0.2) is 37.2 Å². The van der Waals surface area contributed by atoms with Crippen LogP contribution in [0, 0.1) is 5.92 Å². The average Bonchev–Trinajstić information content (AvgIpc) is 2.73. The zero-order valence-corrected chi connectivity index (χ0v) is 16.2. The number of para-hydroxylation sites is 1. The third kappa shape index (κ3) is 4.45. The number of piperidine rings is 3. The van der Waals surface area contributed by atoms with Crippen LogP contribution in [0.3, 0.4) is 0 Å². The molecule has 3 aliphatic rings. The molecule has 0 spiro atoms. The number of ether oxygens (including phenoxy) is 2. The van der Waals surface area contributed by atoms with Crippen LogP contribution in [0.4, 0.5) is 0 Å². The number of nitrogens with zero attached hydrogens (tertiary/aromatic N) is 1. The molecular weight excluding hydrogens is 336 g/mol. The minimum atomic E-state index is 0.553.